The zero-order valence-electron chi connectivity index (χ0n) is 4.02. The van der Waals surface area contributed by atoms with Crippen molar-refractivity contribution in [3.05, 3.63) is 11.3 Å². The fourth-order valence-electron chi connectivity index (χ4n) is 0.463. The number of aliphatic hydroxyl groups is 2. The minimum Gasteiger partial charge on any atom is -0.510 e. The zero-order chi connectivity index (χ0) is 5.28. The molecule has 0 heterocycles. The van der Waals surface area contributed by atoms with Crippen LogP contribution in [0, 0.1) is 0 Å². The molecule has 0 amide bonds. The monoisotopic (exact) mass is 100 g/mol. The average molecular weight is 100 g/mol. The van der Waals surface area contributed by atoms with E-state index in [-0.39, 0.29) is 12.4 Å². The third kappa shape index (κ3) is 0.933. The quantitative estimate of drug-likeness (QED) is 0.473. The van der Waals surface area contributed by atoms with Gasteiger partial charge in [-0.2, -0.15) is 0 Å². The lowest BCUT2D eigenvalue weighted by Gasteiger charge is -1.86. The molecule has 0 radical (unpaired) electrons. The molecule has 1 aliphatic rings. The molecule has 0 unspecified atom stereocenters. The molecule has 0 aliphatic heterocycles. The molecule has 0 aromatic rings. The minimum atomic E-state index is -0.185. The number of hydrogen-bond donors (Lipinski definition) is 2. The van der Waals surface area contributed by atoms with Crippen LogP contribution in [0.3, 0.4) is 0 Å². The lowest BCUT2D eigenvalue weighted by molar-refractivity contribution is 0.252. The molecule has 1 saturated carbocycles. The largest absolute Gasteiger partial charge is 0.510 e. The number of rotatable bonds is 1. The van der Waals surface area contributed by atoms with Crippen molar-refractivity contribution >= 4 is 0 Å². The summed E-state index contributed by atoms with van der Waals surface area (Å²) in [5, 5.41) is 16.9. The maximum absolute atomic E-state index is 8.63. The van der Waals surface area contributed by atoms with Crippen LogP contribution >= 0.6 is 0 Å². The first kappa shape index (κ1) is 4.65. The van der Waals surface area contributed by atoms with E-state index in [1.54, 1.807) is 0 Å². The van der Waals surface area contributed by atoms with E-state index in [2.05, 4.69) is 0 Å². The van der Waals surface area contributed by atoms with Gasteiger partial charge in [0.2, 0.25) is 0 Å². The Bertz CT molecular complexity index is 98.6. The molecule has 0 aromatic carbocycles. The molecule has 40 valence electrons. The predicted molar refractivity (Wildman–Crippen MR) is 26.0 cm³/mol. The second-order valence-electron chi connectivity index (χ2n) is 1.71. The summed E-state index contributed by atoms with van der Waals surface area (Å²) in [5.74, 6) is 0.181. The Labute approximate surface area is 42.1 Å². The molecule has 1 rings (SSSR count). The van der Waals surface area contributed by atoms with E-state index in [0.29, 0.717) is 0 Å². The van der Waals surface area contributed by atoms with E-state index in [1.165, 1.54) is 0 Å². The summed E-state index contributed by atoms with van der Waals surface area (Å²) < 4.78 is 0. The van der Waals surface area contributed by atoms with Gasteiger partial charge in [-0.15, -0.1) is 0 Å². The molecular formula is C5H8O2. The van der Waals surface area contributed by atoms with Gasteiger partial charge >= 0.3 is 0 Å². The molecule has 2 heteroatoms. The summed E-state index contributed by atoms with van der Waals surface area (Å²) in [6.45, 7) is -0.185. The summed E-state index contributed by atoms with van der Waals surface area (Å²) >= 11 is 0. The van der Waals surface area contributed by atoms with Gasteiger partial charge in [0.1, 0.15) is 12.4 Å². The van der Waals surface area contributed by atoms with E-state index in [4.69, 9.17) is 10.2 Å². The Morgan fingerprint density at radius 1 is 1.57 bits per heavy atom. The highest BCUT2D eigenvalue weighted by molar-refractivity contribution is 5.20. The van der Waals surface area contributed by atoms with Crippen LogP contribution < -0.4 is 0 Å². The molecule has 0 aromatic heterocycles. The van der Waals surface area contributed by atoms with Crippen LogP contribution in [0.1, 0.15) is 12.8 Å². The summed E-state index contributed by atoms with van der Waals surface area (Å²) in [5.41, 5.74) is 1.02. The highest BCUT2D eigenvalue weighted by Gasteiger charge is 2.15. The number of hydrogen-bond acceptors (Lipinski definition) is 2. The van der Waals surface area contributed by atoms with Crippen molar-refractivity contribution in [1.82, 2.24) is 0 Å². The van der Waals surface area contributed by atoms with Gasteiger partial charge in [0.15, 0.2) is 0 Å². The van der Waals surface area contributed by atoms with Crippen molar-refractivity contribution in [3.8, 4) is 0 Å². The van der Waals surface area contributed by atoms with Gasteiger partial charge < -0.3 is 10.2 Å². The van der Waals surface area contributed by atoms with Gasteiger partial charge in [0, 0.05) is 0 Å². The van der Waals surface area contributed by atoms with E-state index >= 15 is 0 Å². The van der Waals surface area contributed by atoms with Crippen molar-refractivity contribution in [1.29, 1.82) is 0 Å². The Hall–Kier alpha value is -0.500. The number of aliphatic hydroxyl groups excluding tert-OH is 2. The smallest absolute Gasteiger partial charge is 0.117 e. The van der Waals surface area contributed by atoms with Crippen LogP contribution in [0.2, 0.25) is 0 Å². The average Bonchev–Trinajstić information content (AvgIpc) is 2.44. The van der Waals surface area contributed by atoms with Crippen molar-refractivity contribution in [2.24, 2.45) is 0 Å². The van der Waals surface area contributed by atoms with E-state index in [9.17, 15) is 0 Å². The van der Waals surface area contributed by atoms with Crippen molar-refractivity contribution in [3.63, 3.8) is 0 Å². The third-order valence-electron chi connectivity index (χ3n) is 1.06. The van der Waals surface area contributed by atoms with Crippen LogP contribution in [0.5, 0.6) is 0 Å². The molecule has 2 N–H and O–H groups in total. The highest BCUT2D eigenvalue weighted by Crippen LogP contribution is 2.29. The van der Waals surface area contributed by atoms with Crippen molar-refractivity contribution < 1.29 is 10.2 Å². The molecule has 0 atom stereocenters. The van der Waals surface area contributed by atoms with Gasteiger partial charge in [-0.1, -0.05) is 0 Å². The topological polar surface area (TPSA) is 40.5 Å². The Balaban J connectivity index is 2.49. The van der Waals surface area contributed by atoms with Gasteiger partial charge in [-0.25, -0.2) is 0 Å². The lowest BCUT2D eigenvalue weighted by atomic mass is 10.5. The third-order valence-corrected chi connectivity index (χ3v) is 1.06. The number of allylic oxidation sites excluding steroid dienone is 1. The second-order valence-corrected chi connectivity index (χ2v) is 1.71. The van der Waals surface area contributed by atoms with E-state index in [0.717, 1.165) is 18.4 Å². The molecule has 1 aliphatic carbocycles. The molecule has 0 saturated heterocycles. The van der Waals surface area contributed by atoms with Crippen LogP contribution in [-0.4, -0.2) is 16.8 Å². The van der Waals surface area contributed by atoms with Gasteiger partial charge in [-0.3, -0.25) is 0 Å². The first-order valence-electron chi connectivity index (χ1n) is 2.35. The zero-order valence-corrected chi connectivity index (χ0v) is 4.02. The first-order valence-corrected chi connectivity index (χ1v) is 2.35. The maximum Gasteiger partial charge on any atom is 0.117 e. The van der Waals surface area contributed by atoms with Crippen LogP contribution in [0.4, 0.5) is 0 Å². The van der Waals surface area contributed by atoms with E-state index in [1.807, 2.05) is 0 Å². The normalized spacial score (nSPS) is 17.0. The fourth-order valence-corrected chi connectivity index (χ4v) is 0.463. The fraction of sp³-hybridized carbons (Fsp3) is 0.600. The minimum absolute atomic E-state index is 0.181. The summed E-state index contributed by atoms with van der Waals surface area (Å²) in [4.78, 5) is 0. The Morgan fingerprint density at radius 2 is 2.14 bits per heavy atom. The van der Waals surface area contributed by atoms with Crippen LogP contribution in [-0.2, 0) is 0 Å². The van der Waals surface area contributed by atoms with Crippen molar-refractivity contribution in [2.75, 3.05) is 6.61 Å². The first-order chi connectivity index (χ1) is 3.34. The molecule has 0 bridgehead atoms. The Kier molecular flexibility index (Phi) is 1.02. The van der Waals surface area contributed by atoms with Crippen LogP contribution in [0.15, 0.2) is 11.3 Å². The molecule has 2 nitrogen and oxygen atoms in total. The highest BCUT2D eigenvalue weighted by atomic mass is 16.3. The standard InChI is InChI=1S/C5H8O2/c6-3-5(7)4-1-2-4/h6-7H,1-3H2. The van der Waals surface area contributed by atoms with Crippen LogP contribution in [0.25, 0.3) is 0 Å². The van der Waals surface area contributed by atoms with Crippen molar-refractivity contribution in [2.45, 2.75) is 12.8 Å². The molecule has 7 heavy (non-hydrogen) atoms. The SMILES string of the molecule is OCC(O)=C1CC1. The van der Waals surface area contributed by atoms with Gasteiger partial charge in [0.25, 0.3) is 0 Å². The predicted octanol–water partition coefficient (Wildman–Crippen LogP) is 0.585. The lowest BCUT2D eigenvalue weighted by Crippen LogP contribution is -1.85. The maximum atomic E-state index is 8.63. The molecule has 0 spiro atoms. The summed E-state index contributed by atoms with van der Waals surface area (Å²) in [7, 11) is 0. The summed E-state index contributed by atoms with van der Waals surface area (Å²) in [6.07, 6.45) is 1.96. The van der Waals surface area contributed by atoms with Gasteiger partial charge in [0.05, 0.1) is 0 Å². The molecular weight excluding hydrogens is 92.1 g/mol. The van der Waals surface area contributed by atoms with Gasteiger partial charge in [-0.05, 0) is 18.4 Å². The summed E-state index contributed by atoms with van der Waals surface area (Å²) in [6, 6.07) is 0. The second kappa shape index (κ2) is 1.54. The molecule has 1 fully saturated rings. The van der Waals surface area contributed by atoms with E-state index < -0.39 is 0 Å². The Morgan fingerprint density at radius 3 is 2.29 bits per heavy atom.